The molecular weight excluding hydrogens is 144 g/mol. The molecule has 0 bridgehead atoms. The van der Waals surface area contributed by atoms with Crippen LogP contribution in [-0.4, -0.2) is 23.6 Å². The number of allylic oxidation sites excluding steroid dienone is 1. The van der Waals surface area contributed by atoms with Gasteiger partial charge in [0.05, 0.1) is 6.10 Å². The lowest BCUT2D eigenvalue weighted by atomic mass is 10.1. The Labute approximate surface area is 64.7 Å². The number of Topliss-reactive ketones (excluding diaryl/α,β-unsaturated/α-hetero) is 1. The molecule has 3 heteroatoms. The van der Waals surface area contributed by atoms with E-state index in [9.17, 15) is 4.79 Å². The van der Waals surface area contributed by atoms with Gasteiger partial charge in [-0.15, -0.1) is 0 Å². The average molecular weight is 154 g/mol. The summed E-state index contributed by atoms with van der Waals surface area (Å²) in [6, 6.07) is 0. The van der Waals surface area contributed by atoms with Gasteiger partial charge in [0.25, 0.3) is 0 Å². The van der Waals surface area contributed by atoms with Crippen LogP contribution in [0.3, 0.4) is 0 Å². The van der Waals surface area contributed by atoms with E-state index in [4.69, 9.17) is 9.84 Å². The molecule has 1 aliphatic carbocycles. The van der Waals surface area contributed by atoms with E-state index in [1.54, 1.807) is 0 Å². The number of carbonyl (C=O) groups excluding carboxylic acids is 1. The topological polar surface area (TPSA) is 46.5 Å². The fourth-order valence-corrected chi connectivity index (χ4v) is 1.56. The number of aliphatic hydroxyl groups excluding tert-OH is 1. The quantitative estimate of drug-likeness (QED) is 0.548. The highest BCUT2D eigenvalue weighted by Crippen LogP contribution is 2.30. The molecule has 0 spiro atoms. The summed E-state index contributed by atoms with van der Waals surface area (Å²) in [6.07, 6.45) is 1.32. The van der Waals surface area contributed by atoms with Crippen molar-refractivity contribution < 1.29 is 14.6 Å². The van der Waals surface area contributed by atoms with Gasteiger partial charge in [-0.1, -0.05) is 0 Å². The molecule has 0 fully saturated rings. The second-order valence-corrected chi connectivity index (χ2v) is 2.99. The van der Waals surface area contributed by atoms with Crippen LogP contribution in [0, 0.1) is 0 Å². The van der Waals surface area contributed by atoms with E-state index < -0.39 is 6.10 Å². The molecule has 0 radical (unpaired) electrons. The maximum absolute atomic E-state index is 11.1. The SMILES string of the molecule is O=C1CCC2=C1C[C@H](O)CO2. The summed E-state index contributed by atoms with van der Waals surface area (Å²) in [6.45, 7) is 0.353. The van der Waals surface area contributed by atoms with Crippen molar-refractivity contribution in [2.24, 2.45) is 0 Å². The summed E-state index contributed by atoms with van der Waals surface area (Å²) in [4.78, 5) is 11.1. The Hall–Kier alpha value is -0.830. The fourth-order valence-electron chi connectivity index (χ4n) is 1.56. The van der Waals surface area contributed by atoms with Crippen LogP contribution in [0.5, 0.6) is 0 Å². The van der Waals surface area contributed by atoms with E-state index in [1.807, 2.05) is 0 Å². The molecule has 60 valence electrons. The van der Waals surface area contributed by atoms with Gasteiger partial charge < -0.3 is 9.84 Å². The Morgan fingerprint density at radius 1 is 1.45 bits per heavy atom. The predicted molar refractivity (Wildman–Crippen MR) is 37.8 cm³/mol. The van der Waals surface area contributed by atoms with Crippen LogP contribution in [0.25, 0.3) is 0 Å². The van der Waals surface area contributed by atoms with Gasteiger partial charge in [-0.3, -0.25) is 4.79 Å². The molecule has 0 aromatic rings. The Morgan fingerprint density at radius 3 is 3.09 bits per heavy atom. The van der Waals surface area contributed by atoms with Gasteiger partial charge in [-0.2, -0.15) is 0 Å². The third kappa shape index (κ3) is 1.05. The van der Waals surface area contributed by atoms with Gasteiger partial charge in [0, 0.05) is 24.8 Å². The lowest BCUT2D eigenvalue weighted by Crippen LogP contribution is -2.22. The minimum Gasteiger partial charge on any atom is -0.495 e. The maximum Gasteiger partial charge on any atom is 0.162 e. The van der Waals surface area contributed by atoms with Gasteiger partial charge in [0.1, 0.15) is 12.4 Å². The number of ether oxygens (including phenoxy) is 1. The molecule has 1 N–H and O–H groups in total. The molecule has 0 amide bonds. The number of carbonyl (C=O) groups is 1. The van der Waals surface area contributed by atoms with E-state index in [2.05, 4.69) is 0 Å². The van der Waals surface area contributed by atoms with Crippen LogP contribution < -0.4 is 0 Å². The maximum atomic E-state index is 11.1. The molecule has 2 rings (SSSR count). The molecule has 11 heavy (non-hydrogen) atoms. The highest BCUT2D eigenvalue weighted by atomic mass is 16.5. The van der Waals surface area contributed by atoms with E-state index in [-0.39, 0.29) is 5.78 Å². The summed E-state index contributed by atoms with van der Waals surface area (Å²) in [5.74, 6) is 0.971. The molecule has 2 aliphatic rings. The molecular formula is C8H10O3. The average Bonchev–Trinajstić information content (AvgIpc) is 2.33. The van der Waals surface area contributed by atoms with Crippen molar-refractivity contribution in [3.63, 3.8) is 0 Å². The second-order valence-electron chi connectivity index (χ2n) is 2.99. The van der Waals surface area contributed by atoms with Crippen molar-refractivity contribution in [2.45, 2.75) is 25.4 Å². The zero-order chi connectivity index (χ0) is 7.84. The summed E-state index contributed by atoms with van der Waals surface area (Å²) >= 11 is 0. The van der Waals surface area contributed by atoms with Crippen LogP contribution in [0.4, 0.5) is 0 Å². The highest BCUT2D eigenvalue weighted by Gasteiger charge is 2.30. The zero-order valence-corrected chi connectivity index (χ0v) is 6.17. The second kappa shape index (κ2) is 2.34. The van der Waals surface area contributed by atoms with E-state index in [1.165, 1.54) is 0 Å². The lowest BCUT2D eigenvalue weighted by molar-refractivity contribution is -0.115. The van der Waals surface area contributed by atoms with Crippen LogP contribution in [0.15, 0.2) is 11.3 Å². The number of hydrogen-bond acceptors (Lipinski definition) is 3. The van der Waals surface area contributed by atoms with Crippen LogP contribution >= 0.6 is 0 Å². The first-order valence-corrected chi connectivity index (χ1v) is 3.83. The fraction of sp³-hybridized carbons (Fsp3) is 0.625. The van der Waals surface area contributed by atoms with Crippen molar-refractivity contribution in [1.82, 2.24) is 0 Å². The Balaban J connectivity index is 2.24. The van der Waals surface area contributed by atoms with Gasteiger partial charge in [-0.05, 0) is 0 Å². The third-order valence-corrected chi connectivity index (χ3v) is 2.14. The Kier molecular flexibility index (Phi) is 1.46. The molecule has 0 saturated heterocycles. The number of hydrogen-bond donors (Lipinski definition) is 1. The number of aliphatic hydroxyl groups is 1. The van der Waals surface area contributed by atoms with Crippen LogP contribution in [0.2, 0.25) is 0 Å². The summed E-state index contributed by atoms with van der Waals surface area (Å²) in [5.41, 5.74) is 0.726. The molecule has 1 heterocycles. The number of ketones is 1. The normalized spacial score (nSPS) is 30.3. The predicted octanol–water partition coefficient (Wildman–Crippen LogP) is 0.385. The van der Waals surface area contributed by atoms with E-state index in [0.29, 0.717) is 19.4 Å². The zero-order valence-electron chi connectivity index (χ0n) is 6.17. The van der Waals surface area contributed by atoms with Crippen molar-refractivity contribution in [3.05, 3.63) is 11.3 Å². The monoisotopic (exact) mass is 154 g/mol. The number of rotatable bonds is 0. The highest BCUT2D eigenvalue weighted by molar-refractivity contribution is 5.98. The van der Waals surface area contributed by atoms with Gasteiger partial charge in [0.2, 0.25) is 0 Å². The van der Waals surface area contributed by atoms with Gasteiger partial charge in [-0.25, -0.2) is 0 Å². The summed E-state index contributed by atoms with van der Waals surface area (Å²) in [7, 11) is 0. The molecule has 1 aliphatic heterocycles. The van der Waals surface area contributed by atoms with E-state index >= 15 is 0 Å². The molecule has 1 atom stereocenters. The van der Waals surface area contributed by atoms with Crippen molar-refractivity contribution in [2.75, 3.05) is 6.61 Å². The van der Waals surface area contributed by atoms with Gasteiger partial charge >= 0.3 is 0 Å². The molecule has 0 aromatic heterocycles. The molecule has 0 saturated carbocycles. The largest absolute Gasteiger partial charge is 0.495 e. The third-order valence-electron chi connectivity index (χ3n) is 2.14. The Morgan fingerprint density at radius 2 is 2.27 bits per heavy atom. The first-order valence-electron chi connectivity index (χ1n) is 3.83. The first-order chi connectivity index (χ1) is 5.27. The molecule has 3 nitrogen and oxygen atoms in total. The molecule has 0 aromatic carbocycles. The smallest absolute Gasteiger partial charge is 0.162 e. The van der Waals surface area contributed by atoms with E-state index in [0.717, 1.165) is 17.8 Å². The standard InChI is InChI=1S/C8H10O3/c9-5-3-6-7(10)1-2-8(6)11-4-5/h5,9H,1-4H2/t5-/m0/s1. The Bertz CT molecular complexity index is 229. The first kappa shape index (κ1) is 6.85. The molecule has 0 unspecified atom stereocenters. The summed E-state index contributed by atoms with van der Waals surface area (Å²) in [5, 5.41) is 9.16. The van der Waals surface area contributed by atoms with Gasteiger partial charge in [0.15, 0.2) is 5.78 Å². The van der Waals surface area contributed by atoms with Crippen LogP contribution in [-0.2, 0) is 9.53 Å². The lowest BCUT2D eigenvalue weighted by Gasteiger charge is -2.19. The summed E-state index contributed by atoms with van der Waals surface area (Å²) < 4.78 is 5.19. The van der Waals surface area contributed by atoms with Crippen LogP contribution in [0.1, 0.15) is 19.3 Å². The minimum atomic E-state index is -0.476. The minimum absolute atomic E-state index is 0.152. The van der Waals surface area contributed by atoms with Crippen molar-refractivity contribution >= 4 is 5.78 Å². The van der Waals surface area contributed by atoms with Crippen molar-refractivity contribution in [3.8, 4) is 0 Å². The van der Waals surface area contributed by atoms with Crippen molar-refractivity contribution in [1.29, 1.82) is 0 Å².